The van der Waals surface area contributed by atoms with Crippen molar-refractivity contribution in [3.8, 4) is 0 Å². The van der Waals surface area contributed by atoms with Crippen molar-refractivity contribution in [1.29, 1.82) is 0 Å². The van der Waals surface area contributed by atoms with Gasteiger partial charge in [-0.25, -0.2) is 0 Å². The number of aliphatic hydroxyl groups excluding tert-OH is 1. The van der Waals surface area contributed by atoms with Gasteiger partial charge in [0.2, 0.25) is 0 Å². The second kappa shape index (κ2) is 6.55. The van der Waals surface area contributed by atoms with Gasteiger partial charge in [-0.15, -0.1) is 0 Å². The normalized spacial score (nSPS) is 24.6. The van der Waals surface area contributed by atoms with E-state index in [1.165, 1.54) is 19.3 Å². The fraction of sp³-hybridized carbons (Fsp3) is 1.00. The molecule has 1 rings (SSSR count). The molecule has 0 radical (unpaired) electrons. The molecule has 2 N–H and O–H groups in total. The van der Waals surface area contributed by atoms with E-state index in [4.69, 9.17) is 4.74 Å². The Bertz CT molecular complexity index is 258. The predicted octanol–water partition coefficient (Wildman–Crippen LogP) is 2.97. The van der Waals surface area contributed by atoms with Crippen molar-refractivity contribution in [1.82, 2.24) is 5.32 Å². The summed E-state index contributed by atoms with van der Waals surface area (Å²) in [7, 11) is 0. The minimum absolute atomic E-state index is 0.183. The summed E-state index contributed by atoms with van der Waals surface area (Å²) in [6, 6.07) is 0.507. The van der Waals surface area contributed by atoms with Crippen molar-refractivity contribution in [3.63, 3.8) is 0 Å². The van der Waals surface area contributed by atoms with Crippen molar-refractivity contribution in [2.45, 2.75) is 79.1 Å². The third-order valence-corrected chi connectivity index (χ3v) is 3.82. The van der Waals surface area contributed by atoms with Crippen molar-refractivity contribution in [3.05, 3.63) is 0 Å². The van der Waals surface area contributed by atoms with Crippen molar-refractivity contribution < 1.29 is 9.84 Å². The average molecular weight is 271 g/mol. The van der Waals surface area contributed by atoms with E-state index >= 15 is 0 Å². The van der Waals surface area contributed by atoms with E-state index in [0.29, 0.717) is 30.0 Å². The highest BCUT2D eigenvalue weighted by molar-refractivity contribution is 4.92. The molecule has 3 nitrogen and oxygen atoms in total. The smallest absolute Gasteiger partial charge is 0.0897 e. The summed E-state index contributed by atoms with van der Waals surface area (Å²) in [6.45, 7) is 14.4. The fourth-order valence-corrected chi connectivity index (χ4v) is 3.66. The first-order chi connectivity index (χ1) is 8.60. The minimum Gasteiger partial charge on any atom is -0.389 e. The van der Waals surface area contributed by atoms with E-state index in [9.17, 15) is 5.11 Å². The summed E-state index contributed by atoms with van der Waals surface area (Å²) in [5, 5.41) is 13.4. The van der Waals surface area contributed by atoms with Crippen LogP contribution in [0, 0.1) is 10.8 Å². The van der Waals surface area contributed by atoms with E-state index in [1.807, 2.05) is 13.8 Å². The molecule has 0 saturated heterocycles. The summed E-state index contributed by atoms with van der Waals surface area (Å²) in [5.74, 6) is 0. The summed E-state index contributed by atoms with van der Waals surface area (Å²) in [6.07, 6.45) is 3.43. The second-order valence-electron chi connectivity index (χ2n) is 8.05. The van der Waals surface area contributed by atoms with Gasteiger partial charge in [-0.05, 0) is 43.9 Å². The maximum Gasteiger partial charge on any atom is 0.0897 e. The number of hydrogen-bond donors (Lipinski definition) is 2. The van der Waals surface area contributed by atoms with Gasteiger partial charge < -0.3 is 15.2 Å². The number of nitrogens with one attached hydrogen (secondary N) is 1. The minimum atomic E-state index is -0.407. The van der Waals surface area contributed by atoms with Crippen LogP contribution in [0.5, 0.6) is 0 Å². The molecule has 0 bridgehead atoms. The molecule has 0 aromatic heterocycles. The third kappa shape index (κ3) is 6.73. The van der Waals surface area contributed by atoms with Gasteiger partial charge in [0, 0.05) is 12.6 Å². The Hall–Kier alpha value is -0.120. The first-order valence-electron chi connectivity index (χ1n) is 7.63. The van der Waals surface area contributed by atoms with Gasteiger partial charge in [-0.3, -0.25) is 0 Å². The zero-order chi connectivity index (χ0) is 14.7. The Kier molecular flexibility index (Phi) is 5.84. The van der Waals surface area contributed by atoms with Gasteiger partial charge in [0.25, 0.3) is 0 Å². The van der Waals surface area contributed by atoms with Crippen molar-refractivity contribution in [2.24, 2.45) is 10.8 Å². The van der Waals surface area contributed by atoms with Crippen LogP contribution in [0.2, 0.25) is 0 Å². The first-order valence-corrected chi connectivity index (χ1v) is 7.63. The van der Waals surface area contributed by atoms with Crippen LogP contribution in [0.15, 0.2) is 0 Å². The van der Waals surface area contributed by atoms with Crippen LogP contribution < -0.4 is 5.32 Å². The van der Waals surface area contributed by atoms with Gasteiger partial charge in [-0.1, -0.05) is 27.7 Å². The molecule has 0 heterocycles. The number of aliphatic hydroxyl groups is 1. The van der Waals surface area contributed by atoms with Crippen LogP contribution in [0.4, 0.5) is 0 Å². The Morgan fingerprint density at radius 1 is 1.16 bits per heavy atom. The molecule has 0 amide bonds. The van der Waals surface area contributed by atoms with E-state index in [0.717, 1.165) is 0 Å². The average Bonchev–Trinajstić information content (AvgIpc) is 2.19. The molecule has 0 aliphatic heterocycles. The zero-order valence-corrected chi connectivity index (χ0v) is 13.6. The Morgan fingerprint density at radius 2 is 1.68 bits per heavy atom. The molecule has 3 heteroatoms. The maximum absolute atomic E-state index is 9.90. The number of hydrogen-bond acceptors (Lipinski definition) is 3. The Balaban J connectivity index is 2.36. The van der Waals surface area contributed by atoms with Crippen LogP contribution in [-0.2, 0) is 4.74 Å². The van der Waals surface area contributed by atoms with Crippen LogP contribution in [0.1, 0.15) is 60.8 Å². The first kappa shape index (κ1) is 16.9. The summed E-state index contributed by atoms with van der Waals surface area (Å²) >= 11 is 0. The molecule has 19 heavy (non-hydrogen) atoms. The number of rotatable bonds is 6. The van der Waals surface area contributed by atoms with E-state index in [1.54, 1.807) is 0 Å². The van der Waals surface area contributed by atoms with Gasteiger partial charge in [0.1, 0.15) is 0 Å². The topological polar surface area (TPSA) is 41.5 Å². The molecule has 1 aliphatic rings. The highest BCUT2D eigenvalue weighted by Gasteiger charge is 2.38. The SMILES string of the molecule is CC(C)OCC(O)CNC1CC(C)(C)CC(C)(C)C1. The standard InChI is InChI=1S/C16H33NO2/c1-12(2)19-10-14(18)9-17-13-7-15(3,4)11-16(5,6)8-13/h12-14,17-18H,7-11H2,1-6H3. The molecule has 1 saturated carbocycles. The third-order valence-electron chi connectivity index (χ3n) is 3.82. The van der Waals surface area contributed by atoms with Gasteiger partial charge >= 0.3 is 0 Å². The van der Waals surface area contributed by atoms with Crippen LogP contribution >= 0.6 is 0 Å². The summed E-state index contributed by atoms with van der Waals surface area (Å²) in [4.78, 5) is 0. The molecule has 0 spiro atoms. The zero-order valence-electron chi connectivity index (χ0n) is 13.6. The molecule has 1 aliphatic carbocycles. The summed E-state index contributed by atoms with van der Waals surface area (Å²) in [5.41, 5.74) is 0.775. The van der Waals surface area contributed by atoms with E-state index in [2.05, 4.69) is 33.0 Å². The van der Waals surface area contributed by atoms with Gasteiger partial charge in [0.15, 0.2) is 0 Å². The Labute approximate surface area is 119 Å². The van der Waals surface area contributed by atoms with Gasteiger partial charge in [0.05, 0.1) is 18.8 Å². The highest BCUT2D eigenvalue weighted by atomic mass is 16.5. The molecule has 1 unspecified atom stereocenters. The fourth-order valence-electron chi connectivity index (χ4n) is 3.66. The van der Waals surface area contributed by atoms with Crippen molar-refractivity contribution >= 4 is 0 Å². The monoisotopic (exact) mass is 271 g/mol. The molecular weight excluding hydrogens is 238 g/mol. The lowest BCUT2D eigenvalue weighted by Gasteiger charge is -2.45. The molecular formula is C16H33NO2. The summed E-state index contributed by atoms with van der Waals surface area (Å²) < 4.78 is 5.44. The lowest BCUT2D eigenvalue weighted by atomic mass is 9.63. The molecule has 0 aromatic carbocycles. The van der Waals surface area contributed by atoms with E-state index in [-0.39, 0.29) is 6.10 Å². The van der Waals surface area contributed by atoms with Crippen molar-refractivity contribution in [2.75, 3.05) is 13.2 Å². The second-order valence-corrected chi connectivity index (χ2v) is 8.05. The largest absolute Gasteiger partial charge is 0.389 e. The lowest BCUT2D eigenvalue weighted by Crippen LogP contribution is -2.46. The van der Waals surface area contributed by atoms with Gasteiger partial charge in [-0.2, -0.15) is 0 Å². The maximum atomic E-state index is 9.90. The number of ether oxygens (including phenoxy) is 1. The highest BCUT2D eigenvalue weighted by Crippen LogP contribution is 2.45. The molecule has 1 atom stereocenters. The van der Waals surface area contributed by atoms with Crippen LogP contribution in [0.3, 0.4) is 0 Å². The molecule has 114 valence electrons. The van der Waals surface area contributed by atoms with Crippen LogP contribution in [0.25, 0.3) is 0 Å². The Morgan fingerprint density at radius 3 is 2.16 bits per heavy atom. The quantitative estimate of drug-likeness (QED) is 0.780. The predicted molar refractivity (Wildman–Crippen MR) is 80.3 cm³/mol. The van der Waals surface area contributed by atoms with Crippen LogP contribution in [-0.4, -0.2) is 36.5 Å². The lowest BCUT2D eigenvalue weighted by molar-refractivity contribution is 0.00185. The van der Waals surface area contributed by atoms with E-state index < -0.39 is 6.10 Å². The molecule has 0 aromatic rings. The molecule has 1 fully saturated rings.